The highest BCUT2D eigenvalue weighted by Crippen LogP contribution is 2.24. The number of carboxylic acid groups (broad SMARTS) is 1. The summed E-state index contributed by atoms with van der Waals surface area (Å²) in [5.41, 5.74) is -0.661. The van der Waals surface area contributed by atoms with Gasteiger partial charge in [0.2, 0.25) is 0 Å². The Kier molecular flexibility index (Phi) is 13.6. The van der Waals surface area contributed by atoms with Gasteiger partial charge in [0.15, 0.2) is 0 Å². The fourth-order valence-corrected chi connectivity index (χ4v) is 1.28. The van der Waals surface area contributed by atoms with Crippen LogP contribution in [0.1, 0.15) is 20.3 Å². The van der Waals surface area contributed by atoms with E-state index in [2.05, 4.69) is 26.3 Å². The molecule has 0 rings (SSSR count). The molecule has 8 heteroatoms. The average molecular weight is 382 g/mol. The Balaban J connectivity index is 0. The SMILES string of the molecule is C=C(C)C(=O)O.C=CC(=O)OCC(CC)(COC(=O)C=C)COC(=O)C=C. The highest BCUT2D eigenvalue weighted by Gasteiger charge is 2.33. The number of carboxylic acids is 1. The Morgan fingerprint density at radius 1 is 0.852 bits per heavy atom. The van der Waals surface area contributed by atoms with E-state index in [1.54, 1.807) is 6.92 Å². The second-order valence-electron chi connectivity index (χ2n) is 5.37. The van der Waals surface area contributed by atoms with Crippen molar-refractivity contribution in [3.63, 3.8) is 0 Å². The normalized spacial score (nSPS) is 9.56. The topological polar surface area (TPSA) is 116 Å². The quantitative estimate of drug-likeness (QED) is 0.328. The zero-order chi connectivity index (χ0) is 21.5. The molecule has 0 spiro atoms. The molecule has 0 aromatic carbocycles. The first-order valence-corrected chi connectivity index (χ1v) is 7.83. The minimum atomic E-state index is -0.935. The van der Waals surface area contributed by atoms with E-state index in [1.165, 1.54) is 6.92 Å². The molecule has 150 valence electrons. The van der Waals surface area contributed by atoms with Crippen LogP contribution in [0.15, 0.2) is 50.1 Å². The molecule has 0 saturated heterocycles. The largest absolute Gasteiger partial charge is 0.478 e. The molecule has 0 fully saturated rings. The third-order valence-electron chi connectivity index (χ3n) is 3.18. The van der Waals surface area contributed by atoms with Crippen LogP contribution in [0.3, 0.4) is 0 Å². The van der Waals surface area contributed by atoms with Gasteiger partial charge in [-0.2, -0.15) is 0 Å². The van der Waals surface area contributed by atoms with Crippen molar-refractivity contribution in [2.45, 2.75) is 20.3 Å². The fraction of sp³-hybridized carbons (Fsp3) is 0.368. The molecule has 0 aromatic rings. The highest BCUT2D eigenvalue weighted by molar-refractivity contribution is 5.84. The lowest BCUT2D eigenvalue weighted by molar-refractivity contribution is -0.156. The zero-order valence-corrected chi connectivity index (χ0v) is 15.7. The van der Waals surface area contributed by atoms with Gasteiger partial charge in [0.05, 0.1) is 5.41 Å². The molecule has 0 unspecified atom stereocenters. The molecule has 0 aromatic heterocycles. The zero-order valence-electron chi connectivity index (χ0n) is 15.7. The smallest absolute Gasteiger partial charge is 0.330 e. The van der Waals surface area contributed by atoms with Crippen molar-refractivity contribution in [1.82, 2.24) is 0 Å². The lowest BCUT2D eigenvalue weighted by Crippen LogP contribution is -2.38. The molecule has 0 aliphatic heterocycles. The van der Waals surface area contributed by atoms with Crippen LogP contribution in [0, 0.1) is 5.41 Å². The van der Waals surface area contributed by atoms with Crippen molar-refractivity contribution >= 4 is 23.9 Å². The standard InChI is InChI=1S/C15H20O6.C4H6O2/c1-5-12(16)19-9-15(8-4,10-20-13(17)6-2)11-21-14(18)7-3;1-3(2)4(5)6/h5-7H,1-3,8-11H2,4H3;1H2,2H3,(H,5,6). The van der Waals surface area contributed by atoms with Crippen LogP contribution >= 0.6 is 0 Å². The first-order chi connectivity index (χ1) is 12.6. The van der Waals surface area contributed by atoms with Crippen LogP contribution in [0.5, 0.6) is 0 Å². The van der Waals surface area contributed by atoms with Crippen LogP contribution in [0.2, 0.25) is 0 Å². The fourth-order valence-electron chi connectivity index (χ4n) is 1.28. The molecule has 0 atom stereocenters. The Morgan fingerprint density at radius 2 is 1.11 bits per heavy atom. The number of rotatable bonds is 11. The van der Waals surface area contributed by atoms with Crippen molar-refractivity contribution in [3.8, 4) is 0 Å². The number of hydrogen-bond donors (Lipinski definition) is 1. The van der Waals surface area contributed by atoms with Crippen LogP contribution in [-0.4, -0.2) is 48.8 Å². The molecule has 0 radical (unpaired) electrons. The summed E-state index contributed by atoms with van der Waals surface area (Å²) < 4.78 is 15.0. The van der Waals surface area contributed by atoms with E-state index in [1.807, 2.05) is 0 Å². The van der Waals surface area contributed by atoms with E-state index in [0.717, 1.165) is 18.2 Å². The number of carbonyl (C=O) groups is 4. The Labute approximate surface area is 158 Å². The summed E-state index contributed by atoms with van der Waals surface area (Å²) in [5, 5.41) is 7.89. The second kappa shape index (κ2) is 14.1. The van der Waals surface area contributed by atoms with Crippen molar-refractivity contribution < 1.29 is 38.5 Å². The van der Waals surface area contributed by atoms with Gasteiger partial charge in [-0.3, -0.25) is 0 Å². The molecule has 0 bridgehead atoms. The molecule has 8 nitrogen and oxygen atoms in total. The first kappa shape index (κ1) is 26.1. The molecule has 0 aliphatic carbocycles. The predicted molar refractivity (Wildman–Crippen MR) is 98.6 cm³/mol. The Hall–Kier alpha value is -3.16. The minimum absolute atomic E-state index is 0.0802. The van der Waals surface area contributed by atoms with Gasteiger partial charge in [-0.15, -0.1) is 0 Å². The molecular formula is C19H26O8. The summed E-state index contributed by atoms with van der Waals surface area (Å²) in [5.74, 6) is -2.77. The monoisotopic (exact) mass is 382 g/mol. The van der Waals surface area contributed by atoms with Crippen molar-refractivity contribution in [2.75, 3.05) is 19.8 Å². The average Bonchev–Trinajstić information content (AvgIpc) is 2.67. The molecule has 0 aliphatic rings. The third-order valence-corrected chi connectivity index (χ3v) is 3.18. The van der Waals surface area contributed by atoms with Gasteiger partial charge >= 0.3 is 23.9 Å². The highest BCUT2D eigenvalue weighted by atomic mass is 16.6. The van der Waals surface area contributed by atoms with Gasteiger partial charge in [0, 0.05) is 23.8 Å². The molecule has 0 saturated carbocycles. The molecule has 27 heavy (non-hydrogen) atoms. The summed E-state index contributed by atoms with van der Waals surface area (Å²) >= 11 is 0. The molecule has 1 N–H and O–H groups in total. The van der Waals surface area contributed by atoms with Crippen molar-refractivity contribution in [1.29, 1.82) is 0 Å². The molecule has 0 heterocycles. The summed E-state index contributed by atoms with van der Waals surface area (Å²) in [4.78, 5) is 43.1. The van der Waals surface area contributed by atoms with E-state index in [0.29, 0.717) is 6.42 Å². The van der Waals surface area contributed by atoms with Gasteiger partial charge in [0.25, 0.3) is 0 Å². The number of esters is 3. The van der Waals surface area contributed by atoms with Crippen LogP contribution in [-0.2, 0) is 33.4 Å². The minimum Gasteiger partial charge on any atom is -0.478 e. The van der Waals surface area contributed by atoms with Gasteiger partial charge in [0.1, 0.15) is 19.8 Å². The maximum absolute atomic E-state index is 11.2. The first-order valence-electron chi connectivity index (χ1n) is 7.83. The van der Waals surface area contributed by atoms with Gasteiger partial charge in [-0.25, -0.2) is 19.2 Å². The van der Waals surface area contributed by atoms with Gasteiger partial charge in [-0.1, -0.05) is 33.2 Å². The van der Waals surface area contributed by atoms with Gasteiger partial charge < -0.3 is 19.3 Å². The van der Waals surface area contributed by atoms with Crippen LogP contribution in [0.4, 0.5) is 0 Å². The van der Waals surface area contributed by atoms with Gasteiger partial charge in [-0.05, 0) is 13.3 Å². The number of ether oxygens (including phenoxy) is 3. The Morgan fingerprint density at radius 3 is 1.26 bits per heavy atom. The van der Waals surface area contributed by atoms with E-state index < -0.39 is 29.3 Å². The second-order valence-corrected chi connectivity index (χ2v) is 5.37. The lowest BCUT2D eigenvalue weighted by Gasteiger charge is -2.30. The van der Waals surface area contributed by atoms with Crippen molar-refractivity contribution in [2.24, 2.45) is 5.41 Å². The maximum atomic E-state index is 11.2. The van der Waals surface area contributed by atoms with E-state index in [4.69, 9.17) is 19.3 Å². The summed E-state index contributed by atoms with van der Waals surface area (Å²) in [6.45, 7) is 16.0. The van der Waals surface area contributed by atoms with Crippen LogP contribution < -0.4 is 0 Å². The van der Waals surface area contributed by atoms with E-state index in [9.17, 15) is 19.2 Å². The third kappa shape index (κ3) is 12.8. The molecular weight excluding hydrogens is 356 g/mol. The van der Waals surface area contributed by atoms with Crippen molar-refractivity contribution in [3.05, 3.63) is 50.1 Å². The summed E-state index contributed by atoms with van der Waals surface area (Å²) in [7, 11) is 0. The Bertz CT molecular complexity index is 517. The predicted octanol–water partition coefficient (Wildman–Crippen LogP) is 2.22. The lowest BCUT2D eigenvalue weighted by atomic mass is 9.88. The summed E-state index contributed by atoms with van der Waals surface area (Å²) in [6, 6.07) is 0. The number of hydrogen-bond acceptors (Lipinski definition) is 7. The van der Waals surface area contributed by atoms with E-state index in [-0.39, 0.29) is 25.4 Å². The molecule has 0 amide bonds. The number of aliphatic carboxylic acids is 1. The van der Waals surface area contributed by atoms with Crippen LogP contribution in [0.25, 0.3) is 0 Å². The maximum Gasteiger partial charge on any atom is 0.330 e. The number of carbonyl (C=O) groups excluding carboxylic acids is 3. The van der Waals surface area contributed by atoms with E-state index >= 15 is 0 Å². The summed E-state index contributed by atoms with van der Waals surface area (Å²) in [6.07, 6.45) is 3.51.